The van der Waals surface area contributed by atoms with Crippen molar-refractivity contribution in [3.05, 3.63) is 144 Å². The van der Waals surface area contributed by atoms with Gasteiger partial charge in [0.1, 0.15) is 0 Å². The summed E-state index contributed by atoms with van der Waals surface area (Å²) >= 11 is 1.70. The number of rotatable bonds is 17. The van der Waals surface area contributed by atoms with Crippen LogP contribution in [0.15, 0.2) is 126 Å². The van der Waals surface area contributed by atoms with Crippen molar-refractivity contribution in [2.75, 3.05) is 22.1 Å². The Bertz CT molecular complexity index is 2090. The van der Waals surface area contributed by atoms with E-state index in [1.165, 1.54) is 6.92 Å². The van der Waals surface area contributed by atoms with Crippen LogP contribution in [0.25, 0.3) is 11.1 Å². The molecule has 57 heavy (non-hydrogen) atoms. The smallest absolute Gasteiger partial charge is 0.224 e. The third kappa shape index (κ3) is 12.5. The Labute approximate surface area is 338 Å². The van der Waals surface area contributed by atoms with Crippen molar-refractivity contribution in [1.82, 2.24) is 5.32 Å². The largest absolute Gasteiger partial charge is 0.397 e. The van der Waals surface area contributed by atoms with Crippen LogP contribution in [0.1, 0.15) is 80.1 Å². The lowest BCUT2D eigenvalue weighted by atomic mass is 9.99. The third-order valence-electron chi connectivity index (χ3n) is 9.70. The number of benzene rings is 5. The molecule has 0 bridgehead atoms. The molecule has 10 nitrogen and oxygen atoms in total. The van der Waals surface area contributed by atoms with E-state index in [9.17, 15) is 19.5 Å². The van der Waals surface area contributed by atoms with Gasteiger partial charge in [0.15, 0.2) is 6.29 Å². The number of ether oxygens (including phenoxy) is 2. The van der Waals surface area contributed by atoms with Crippen molar-refractivity contribution in [3.63, 3.8) is 0 Å². The minimum Gasteiger partial charge on any atom is -0.397 e. The topological polar surface area (TPSA) is 152 Å². The van der Waals surface area contributed by atoms with Crippen LogP contribution in [0.2, 0.25) is 0 Å². The number of hydrogen-bond donors (Lipinski definition) is 5. The molecule has 0 spiro atoms. The zero-order valence-electron chi connectivity index (χ0n) is 32.1. The fourth-order valence-corrected chi connectivity index (χ4v) is 7.53. The highest BCUT2D eigenvalue weighted by Crippen LogP contribution is 2.40. The molecule has 1 heterocycles. The van der Waals surface area contributed by atoms with E-state index >= 15 is 0 Å². The van der Waals surface area contributed by atoms with Crippen LogP contribution in [0, 0.1) is 0 Å². The number of nitrogens with two attached hydrogens (primary N) is 1. The second-order valence-corrected chi connectivity index (χ2v) is 15.3. The Morgan fingerprint density at radius 3 is 2.18 bits per heavy atom. The van der Waals surface area contributed by atoms with Crippen LogP contribution in [0.4, 0.5) is 17.1 Å². The maximum atomic E-state index is 12.6. The molecular weight excluding hydrogens is 737 g/mol. The van der Waals surface area contributed by atoms with Gasteiger partial charge in [-0.1, -0.05) is 85.3 Å². The maximum absolute atomic E-state index is 12.6. The van der Waals surface area contributed by atoms with E-state index in [1.54, 1.807) is 23.9 Å². The maximum Gasteiger partial charge on any atom is 0.224 e. The average molecular weight is 787 g/mol. The van der Waals surface area contributed by atoms with Crippen molar-refractivity contribution in [3.8, 4) is 11.1 Å². The van der Waals surface area contributed by atoms with Gasteiger partial charge in [-0.3, -0.25) is 14.4 Å². The summed E-state index contributed by atoms with van der Waals surface area (Å²) in [6, 6.07) is 39.2. The van der Waals surface area contributed by atoms with E-state index in [0.717, 1.165) is 56.1 Å². The number of carbonyl (C=O) groups is 3. The molecule has 0 aromatic heterocycles. The van der Waals surface area contributed by atoms with E-state index < -0.39 is 6.29 Å². The van der Waals surface area contributed by atoms with Crippen LogP contribution in [0.5, 0.6) is 0 Å². The molecule has 3 atom stereocenters. The fraction of sp³-hybridized carbons (Fsp3) is 0.283. The lowest BCUT2D eigenvalue weighted by Crippen LogP contribution is -2.31. The molecule has 0 saturated carbocycles. The van der Waals surface area contributed by atoms with Gasteiger partial charge in [0.05, 0.1) is 30.2 Å². The SMILES string of the molecule is CC(=O)Nc1ccc(SCC2CC(c3ccc(CO)cc3)OC(c3ccc(-c4cccc(CNC(=O)CCCCCC(=O)Nc5ccccc5N)c4)cc3)O2)cc1. The second kappa shape index (κ2) is 20.6. The summed E-state index contributed by atoms with van der Waals surface area (Å²) in [5.74, 6) is 0.517. The number of nitrogens with one attached hydrogen (secondary N) is 3. The average Bonchev–Trinajstić information content (AvgIpc) is 3.23. The monoisotopic (exact) mass is 786 g/mol. The molecule has 5 aromatic rings. The zero-order valence-corrected chi connectivity index (χ0v) is 32.9. The van der Waals surface area contributed by atoms with E-state index in [1.807, 2.05) is 84.9 Å². The molecule has 6 rings (SSSR count). The Balaban J connectivity index is 1.01. The van der Waals surface area contributed by atoms with Crippen LogP contribution in [0.3, 0.4) is 0 Å². The van der Waals surface area contributed by atoms with E-state index in [4.69, 9.17) is 15.2 Å². The Hall–Kier alpha value is -5.46. The highest BCUT2D eigenvalue weighted by Gasteiger charge is 2.32. The van der Waals surface area contributed by atoms with E-state index in [2.05, 4.69) is 40.2 Å². The molecule has 1 saturated heterocycles. The van der Waals surface area contributed by atoms with Crippen molar-refractivity contribution in [1.29, 1.82) is 0 Å². The number of carbonyl (C=O) groups excluding carboxylic acids is 3. The second-order valence-electron chi connectivity index (χ2n) is 14.2. The lowest BCUT2D eigenvalue weighted by Gasteiger charge is -2.36. The summed E-state index contributed by atoms with van der Waals surface area (Å²) in [7, 11) is 0. The number of aliphatic hydroxyl groups excluding tert-OH is 1. The van der Waals surface area contributed by atoms with Gasteiger partial charge in [-0.2, -0.15) is 0 Å². The minimum absolute atomic E-state index is 0.0155. The molecule has 296 valence electrons. The normalized spacial score (nSPS) is 16.4. The molecule has 0 aliphatic carbocycles. The number of nitrogen functional groups attached to an aromatic ring is 1. The number of anilines is 3. The molecule has 3 unspecified atom stereocenters. The highest BCUT2D eigenvalue weighted by atomic mass is 32.2. The highest BCUT2D eigenvalue weighted by molar-refractivity contribution is 7.99. The zero-order chi connectivity index (χ0) is 40.0. The van der Waals surface area contributed by atoms with Crippen molar-refractivity contribution in [2.24, 2.45) is 0 Å². The number of unbranched alkanes of at least 4 members (excludes halogenated alkanes) is 2. The molecular formula is C46H50N4O6S. The lowest BCUT2D eigenvalue weighted by molar-refractivity contribution is -0.245. The minimum atomic E-state index is -0.574. The quantitative estimate of drug-likeness (QED) is 0.0356. The number of aliphatic hydroxyl groups is 1. The fourth-order valence-electron chi connectivity index (χ4n) is 6.60. The molecule has 11 heteroatoms. The van der Waals surface area contributed by atoms with Crippen molar-refractivity contribution >= 4 is 46.5 Å². The Kier molecular flexibility index (Phi) is 14.9. The van der Waals surface area contributed by atoms with Crippen molar-refractivity contribution in [2.45, 2.75) is 82.0 Å². The summed E-state index contributed by atoms with van der Waals surface area (Å²) < 4.78 is 13.1. The van der Waals surface area contributed by atoms with Gasteiger partial charge in [0.25, 0.3) is 0 Å². The van der Waals surface area contributed by atoms with Gasteiger partial charge >= 0.3 is 0 Å². The van der Waals surface area contributed by atoms with Crippen LogP contribution < -0.4 is 21.7 Å². The molecule has 1 aliphatic rings. The van der Waals surface area contributed by atoms with Crippen molar-refractivity contribution < 1.29 is 29.0 Å². The summed E-state index contributed by atoms with van der Waals surface area (Å²) in [4.78, 5) is 37.4. The van der Waals surface area contributed by atoms with Gasteiger partial charge < -0.3 is 36.3 Å². The van der Waals surface area contributed by atoms with Gasteiger partial charge in [-0.15, -0.1) is 11.8 Å². The number of thioether (sulfide) groups is 1. The molecule has 1 fully saturated rings. The Morgan fingerprint density at radius 2 is 1.46 bits per heavy atom. The first-order valence-electron chi connectivity index (χ1n) is 19.3. The molecule has 3 amide bonds. The van der Waals surface area contributed by atoms with Gasteiger partial charge in [0.2, 0.25) is 17.7 Å². The number of para-hydroxylation sites is 2. The van der Waals surface area contributed by atoms with Crippen LogP contribution in [-0.2, 0) is 37.0 Å². The molecule has 6 N–H and O–H groups in total. The number of amides is 3. The third-order valence-corrected chi connectivity index (χ3v) is 10.8. The predicted octanol–water partition coefficient (Wildman–Crippen LogP) is 8.93. The number of hydrogen-bond acceptors (Lipinski definition) is 8. The summed E-state index contributed by atoms with van der Waals surface area (Å²) in [6.45, 7) is 1.90. The van der Waals surface area contributed by atoms with Crippen LogP contribution in [-0.4, -0.2) is 34.7 Å². The van der Waals surface area contributed by atoms with Gasteiger partial charge in [-0.25, -0.2) is 0 Å². The van der Waals surface area contributed by atoms with Gasteiger partial charge in [0, 0.05) is 54.6 Å². The summed E-state index contributed by atoms with van der Waals surface area (Å²) in [5, 5.41) is 18.2. The first kappa shape index (κ1) is 41.2. The van der Waals surface area contributed by atoms with E-state index in [-0.39, 0.29) is 36.5 Å². The first-order chi connectivity index (χ1) is 27.7. The standard InChI is InChI=1S/C46H50N4O6S/c1-31(52)49-38-22-24-40(25-23-38)57-30-39-27-43(35-16-14-32(29-51)15-17-35)56-46(55-39)36-20-18-34(19-21-36)37-9-7-8-33(26-37)28-48-44(53)12-3-2-4-13-45(54)50-42-11-6-5-10-41(42)47/h5-11,14-26,39,43,46,51H,2-4,12-13,27-30,47H2,1H3,(H,48,53)(H,49,52)(H,50,54). The van der Waals surface area contributed by atoms with Crippen LogP contribution >= 0.6 is 11.8 Å². The summed E-state index contributed by atoms with van der Waals surface area (Å²) in [6.07, 6.45) is 2.79. The van der Waals surface area contributed by atoms with E-state index in [0.29, 0.717) is 50.0 Å². The molecule has 1 aliphatic heterocycles. The Morgan fingerprint density at radius 1 is 0.737 bits per heavy atom. The summed E-state index contributed by atoms with van der Waals surface area (Å²) in [5.41, 5.74) is 13.7. The first-order valence-corrected chi connectivity index (χ1v) is 20.3. The predicted molar refractivity (Wildman–Crippen MR) is 226 cm³/mol. The molecule has 5 aromatic carbocycles. The van der Waals surface area contributed by atoms with Gasteiger partial charge in [-0.05, 0) is 83.1 Å². The molecule has 0 radical (unpaired) electrons.